The number of fused-ring (bicyclic) bond motifs is 1. The van der Waals surface area contributed by atoms with Gasteiger partial charge in [0.25, 0.3) is 0 Å². The van der Waals surface area contributed by atoms with Gasteiger partial charge < -0.3 is 9.29 Å². The van der Waals surface area contributed by atoms with Gasteiger partial charge in [-0.25, -0.2) is 0 Å². The summed E-state index contributed by atoms with van der Waals surface area (Å²) in [4.78, 5) is 4.61. The van der Waals surface area contributed by atoms with E-state index < -0.39 is 16.9 Å². The number of nitrogens with zero attached hydrogens (tertiary/aromatic N) is 1. The van der Waals surface area contributed by atoms with Gasteiger partial charge in [0.05, 0.1) is 6.61 Å². The van der Waals surface area contributed by atoms with Gasteiger partial charge in [0.2, 0.25) is 0 Å². The summed E-state index contributed by atoms with van der Waals surface area (Å²) in [5.74, 6) is 0.755. The quantitative estimate of drug-likeness (QED) is 0.849. The lowest BCUT2D eigenvalue weighted by Gasteiger charge is -2.40. The van der Waals surface area contributed by atoms with E-state index in [1.807, 2.05) is 32.9 Å². The predicted octanol–water partition coefficient (Wildman–Crippen LogP) is 3.78. The number of pyridine rings is 1. The van der Waals surface area contributed by atoms with Gasteiger partial charge in [0, 0.05) is 24.0 Å². The van der Waals surface area contributed by atoms with Crippen molar-refractivity contribution < 1.29 is 9.29 Å². The Bertz CT molecular complexity index is 773. The van der Waals surface area contributed by atoms with E-state index in [0.717, 1.165) is 17.0 Å². The van der Waals surface area contributed by atoms with E-state index in [1.54, 1.807) is 6.20 Å². The van der Waals surface area contributed by atoms with Crippen molar-refractivity contribution in [3.05, 3.63) is 58.9 Å². The minimum Gasteiger partial charge on any atom is -0.598 e. The Labute approximate surface area is 153 Å². The maximum Gasteiger partial charge on any atom is 0.143 e. The lowest BCUT2D eigenvalue weighted by molar-refractivity contribution is 0.221. The third-order valence-corrected chi connectivity index (χ3v) is 6.38. The van der Waals surface area contributed by atoms with Gasteiger partial charge in [-0.1, -0.05) is 18.2 Å². The van der Waals surface area contributed by atoms with Gasteiger partial charge in [0.15, 0.2) is 0 Å². The minimum absolute atomic E-state index is 0.375. The molecule has 4 nitrogen and oxygen atoms in total. The average Bonchev–Trinajstić information content (AvgIpc) is 2.56. The monoisotopic (exact) mass is 358 g/mol. The smallest absolute Gasteiger partial charge is 0.143 e. The Morgan fingerprint density at radius 3 is 2.64 bits per heavy atom. The molecule has 0 fully saturated rings. The first-order valence-electron chi connectivity index (χ1n) is 8.60. The van der Waals surface area contributed by atoms with Crippen molar-refractivity contribution in [1.82, 2.24) is 9.71 Å². The molecular formula is C20H26N2O2S. The zero-order valence-electron chi connectivity index (χ0n) is 15.6. The minimum atomic E-state index is -1.24. The normalized spacial score (nSPS) is 21.4. The summed E-state index contributed by atoms with van der Waals surface area (Å²) < 4.78 is 21.9. The number of hydrogen-bond acceptors (Lipinski definition) is 4. The standard InChI is InChI=1S/C20H26N2O2S/c1-14-8-9-16(13-15(14)2)20(22-25(23)19(3,4)5)10-12-24-17-7-6-11-21-18(17)20/h6-9,11,13,22H,10,12H2,1-5H3/t20-,25-/m0/s1. The molecule has 0 bridgehead atoms. The molecule has 1 N–H and O–H groups in total. The largest absolute Gasteiger partial charge is 0.598 e. The second-order valence-electron chi connectivity index (χ2n) is 7.64. The maximum absolute atomic E-state index is 13.0. The molecule has 0 aliphatic carbocycles. The van der Waals surface area contributed by atoms with Crippen molar-refractivity contribution in [2.75, 3.05) is 6.61 Å². The van der Waals surface area contributed by atoms with Gasteiger partial charge in [-0.2, -0.15) is 0 Å². The van der Waals surface area contributed by atoms with Crippen LogP contribution in [0.4, 0.5) is 0 Å². The fourth-order valence-electron chi connectivity index (χ4n) is 3.02. The fourth-order valence-corrected chi connectivity index (χ4v) is 3.96. The molecule has 25 heavy (non-hydrogen) atoms. The van der Waals surface area contributed by atoms with Crippen LogP contribution in [-0.4, -0.2) is 20.9 Å². The molecule has 0 amide bonds. The van der Waals surface area contributed by atoms with Crippen LogP contribution in [0.25, 0.3) is 0 Å². The molecular weight excluding hydrogens is 332 g/mol. The van der Waals surface area contributed by atoms with Gasteiger partial charge in [-0.3, -0.25) is 4.98 Å². The number of aromatic nitrogens is 1. The molecule has 2 aromatic rings. The maximum atomic E-state index is 13.0. The Kier molecular flexibility index (Phi) is 4.84. The highest BCUT2D eigenvalue weighted by molar-refractivity contribution is 7.90. The van der Waals surface area contributed by atoms with Crippen LogP contribution in [0.1, 0.15) is 49.6 Å². The summed E-state index contributed by atoms with van der Waals surface area (Å²) in [6.07, 6.45) is 2.45. The summed E-state index contributed by atoms with van der Waals surface area (Å²) in [7, 11) is 0. The number of rotatable bonds is 3. The molecule has 0 spiro atoms. The van der Waals surface area contributed by atoms with Crippen LogP contribution < -0.4 is 9.46 Å². The lowest BCUT2D eigenvalue weighted by atomic mass is 9.81. The third-order valence-electron chi connectivity index (χ3n) is 4.73. The highest BCUT2D eigenvalue weighted by Gasteiger charge is 2.46. The van der Waals surface area contributed by atoms with Crippen molar-refractivity contribution in [1.29, 1.82) is 0 Å². The lowest BCUT2D eigenvalue weighted by Crippen LogP contribution is -2.54. The van der Waals surface area contributed by atoms with E-state index >= 15 is 0 Å². The van der Waals surface area contributed by atoms with Crippen molar-refractivity contribution >= 4 is 11.4 Å². The molecule has 2 heterocycles. The van der Waals surface area contributed by atoms with E-state index in [9.17, 15) is 4.55 Å². The summed E-state index contributed by atoms with van der Waals surface area (Å²) in [6, 6.07) is 10.2. The van der Waals surface area contributed by atoms with Crippen LogP contribution in [0.15, 0.2) is 36.5 Å². The van der Waals surface area contributed by atoms with Crippen molar-refractivity contribution in [2.24, 2.45) is 0 Å². The Balaban J connectivity index is 2.18. The van der Waals surface area contributed by atoms with E-state index in [2.05, 4.69) is 41.8 Å². The molecule has 5 heteroatoms. The molecule has 1 aromatic carbocycles. The van der Waals surface area contributed by atoms with Crippen molar-refractivity contribution in [2.45, 2.75) is 51.3 Å². The van der Waals surface area contributed by atoms with Gasteiger partial charge in [-0.05, 0) is 63.4 Å². The van der Waals surface area contributed by atoms with Crippen LogP contribution >= 0.6 is 0 Å². The number of benzene rings is 1. The molecule has 3 rings (SSSR count). The first-order valence-corrected chi connectivity index (χ1v) is 9.75. The molecule has 0 saturated heterocycles. The number of nitrogens with one attached hydrogen (secondary N) is 1. The molecule has 134 valence electrons. The highest BCUT2D eigenvalue weighted by atomic mass is 32.2. The zero-order valence-corrected chi connectivity index (χ0v) is 16.4. The van der Waals surface area contributed by atoms with Crippen LogP contribution in [0.5, 0.6) is 5.75 Å². The third kappa shape index (κ3) is 3.41. The fraction of sp³-hybridized carbons (Fsp3) is 0.450. The Morgan fingerprint density at radius 1 is 1.20 bits per heavy atom. The average molecular weight is 359 g/mol. The van der Waals surface area contributed by atoms with E-state index in [0.29, 0.717) is 13.0 Å². The van der Waals surface area contributed by atoms with E-state index in [4.69, 9.17) is 4.74 Å². The first-order chi connectivity index (χ1) is 11.7. The van der Waals surface area contributed by atoms with Gasteiger partial charge >= 0.3 is 0 Å². The molecule has 1 aromatic heterocycles. The van der Waals surface area contributed by atoms with Gasteiger partial charge in [0.1, 0.15) is 21.7 Å². The topological polar surface area (TPSA) is 57.2 Å². The Hall–Kier alpha value is -1.56. The van der Waals surface area contributed by atoms with Crippen LogP contribution in [0.3, 0.4) is 0 Å². The summed E-state index contributed by atoms with van der Waals surface area (Å²) in [5.41, 5.74) is 3.72. The van der Waals surface area contributed by atoms with Gasteiger partial charge in [-0.15, -0.1) is 4.72 Å². The summed E-state index contributed by atoms with van der Waals surface area (Å²) in [5, 5.41) is 0. The molecule has 1 aliphatic heterocycles. The highest BCUT2D eigenvalue weighted by Crippen LogP contribution is 2.42. The summed E-state index contributed by atoms with van der Waals surface area (Å²) >= 11 is -1.24. The van der Waals surface area contributed by atoms with E-state index in [-0.39, 0.29) is 4.75 Å². The molecule has 0 unspecified atom stereocenters. The molecule has 2 atom stereocenters. The molecule has 0 saturated carbocycles. The number of ether oxygens (including phenoxy) is 1. The van der Waals surface area contributed by atoms with Crippen molar-refractivity contribution in [3.63, 3.8) is 0 Å². The second-order valence-corrected chi connectivity index (χ2v) is 9.60. The number of hydrogen-bond donors (Lipinski definition) is 1. The summed E-state index contributed by atoms with van der Waals surface area (Å²) in [6.45, 7) is 10.7. The second kappa shape index (κ2) is 6.63. The van der Waals surface area contributed by atoms with Crippen molar-refractivity contribution in [3.8, 4) is 5.75 Å². The molecule has 0 radical (unpaired) electrons. The van der Waals surface area contributed by atoms with Crippen LogP contribution in [0.2, 0.25) is 0 Å². The number of aryl methyl sites for hydroxylation is 2. The van der Waals surface area contributed by atoms with Crippen LogP contribution in [0, 0.1) is 13.8 Å². The SMILES string of the molecule is Cc1ccc([C@@]2(N[S@@+]([O-])C(C)(C)C)CCOc3cccnc32)cc1C. The predicted molar refractivity (Wildman–Crippen MR) is 102 cm³/mol. The Morgan fingerprint density at radius 2 is 1.96 bits per heavy atom. The molecule has 1 aliphatic rings. The van der Waals surface area contributed by atoms with E-state index in [1.165, 1.54) is 11.1 Å². The zero-order chi connectivity index (χ0) is 18.2. The first kappa shape index (κ1) is 18.2. The van der Waals surface area contributed by atoms with Crippen LogP contribution in [-0.2, 0) is 16.9 Å².